The largest absolute Gasteiger partial charge is 0.389 e. The summed E-state index contributed by atoms with van der Waals surface area (Å²) >= 11 is 1.54. The van der Waals surface area contributed by atoms with Gasteiger partial charge in [0.25, 0.3) is 0 Å². The maximum atomic E-state index is 9.06. The smallest absolute Gasteiger partial charge is 0.119 e. The number of aliphatic hydroxyl groups is 1. The Morgan fingerprint density at radius 2 is 2.12 bits per heavy atom. The van der Waals surface area contributed by atoms with E-state index in [0.717, 1.165) is 22.1 Å². The number of methoxy groups -OCH3 is 1. The first-order chi connectivity index (χ1) is 7.46. The van der Waals surface area contributed by atoms with Crippen molar-refractivity contribution in [2.75, 3.05) is 7.11 Å². The number of nitrogens with zero attached hydrogens (tertiary/aromatic N) is 1. The van der Waals surface area contributed by atoms with Crippen LogP contribution in [0.2, 0.25) is 0 Å². The number of nitrogens with one attached hydrogen (secondary N) is 1. The molecule has 1 aromatic rings. The number of ether oxygens (including phenoxy) is 1. The molecule has 0 radical (unpaired) electrons. The number of thiazole rings is 1. The Morgan fingerprint density at radius 1 is 1.44 bits per heavy atom. The van der Waals surface area contributed by atoms with E-state index in [1.165, 1.54) is 11.3 Å². The second kappa shape index (κ2) is 5.72. The Labute approximate surface area is 101 Å². The van der Waals surface area contributed by atoms with Crippen LogP contribution in [0.5, 0.6) is 0 Å². The highest BCUT2D eigenvalue weighted by Crippen LogP contribution is 2.20. The van der Waals surface area contributed by atoms with Crippen LogP contribution < -0.4 is 5.32 Å². The second-order valence-electron chi connectivity index (χ2n) is 4.67. The third kappa shape index (κ3) is 4.17. The topological polar surface area (TPSA) is 54.4 Å². The summed E-state index contributed by atoms with van der Waals surface area (Å²) in [6, 6.07) is 0. The lowest BCUT2D eigenvalue weighted by molar-refractivity contribution is 0.180. The van der Waals surface area contributed by atoms with E-state index in [2.05, 4.69) is 31.1 Å². The minimum atomic E-state index is -0.00308. The highest BCUT2D eigenvalue weighted by Gasteiger charge is 2.14. The zero-order chi connectivity index (χ0) is 12.2. The fraction of sp³-hybridized carbons (Fsp3) is 0.727. The SMILES string of the molecule is COCc1nc(CO)sc1CNC(C)(C)C. The fourth-order valence-corrected chi connectivity index (χ4v) is 2.11. The minimum Gasteiger partial charge on any atom is -0.389 e. The lowest BCUT2D eigenvalue weighted by atomic mass is 10.1. The van der Waals surface area contributed by atoms with Crippen LogP contribution in [0.15, 0.2) is 0 Å². The Kier molecular flexibility index (Phi) is 4.86. The summed E-state index contributed by atoms with van der Waals surface area (Å²) in [4.78, 5) is 5.46. The average Bonchev–Trinajstić information content (AvgIpc) is 2.57. The van der Waals surface area contributed by atoms with Crippen molar-refractivity contribution in [3.8, 4) is 0 Å². The zero-order valence-corrected chi connectivity index (χ0v) is 11.1. The van der Waals surface area contributed by atoms with Gasteiger partial charge in [0.05, 0.1) is 18.9 Å². The fourth-order valence-electron chi connectivity index (χ4n) is 1.24. The molecule has 5 heteroatoms. The third-order valence-electron chi connectivity index (χ3n) is 2.02. The van der Waals surface area contributed by atoms with Crippen LogP contribution in [0.4, 0.5) is 0 Å². The molecule has 0 bridgehead atoms. The van der Waals surface area contributed by atoms with Crippen molar-refractivity contribution >= 4 is 11.3 Å². The van der Waals surface area contributed by atoms with E-state index in [1.807, 2.05) is 0 Å². The first kappa shape index (κ1) is 13.6. The molecule has 1 heterocycles. The number of aliphatic hydroxyl groups excluding tert-OH is 1. The molecule has 0 atom stereocenters. The van der Waals surface area contributed by atoms with E-state index in [0.29, 0.717) is 6.61 Å². The van der Waals surface area contributed by atoms with Crippen molar-refractivity contribution in [1.82, 2.24) is 10.3 Å². The molecule has 0 unspecified atom stereocenters. The van der Waals surface area contributed by atoms with Crippen molar-refractivity contribution in [1.29, 1.82) is 0 Å². The zero-order valence-electron chi connectivity index (χ0n) is 10.3. The van der Waals surface area contributed by atoms with E-state index in [4.69, 9.17) is 9.84 Å². The van der Waals surface area contributed by atoms with Gasteiger partial charge in [0.15, 0.2) is 0 Å². The molecule has 0 aromatic carbocycles. The molecule has 2 N–H and O–H groups in total. The lowest BCUT2D eigenvalue weighted by Crippen LogP contribution is -2.35. The Hall–Kier alpha value is -0.490. The molecule has 4 nitrogen and oxygen atoms in total. The molecule has 0 spiro atoms. The molecule has 0 aliphatic rings. The van der Waals surface area contributed by atoms with E-state index < -0.39 is 0 Å². The lowest BCUT2D eigenvalue weighted by Gasteiger charge is -2.20. The highest BCUT2D eigenvalue weighted by atomic mass is 32.1. The molecule has 0 saturated heterocycles. The first-order valence-corrected chi connectivity index (χ1v) is 6.10. The van der Waals surface area contributed by atoms with Crippen LogP contribution in [0.1, 0.15) is 36.3 Å². The quantitative estimate of drug-likeness (QED) is 0.827. The molecular formula is C11H20N2O2S. The molecule has 0 aliphatic heterocycles. The molecule has 0 saturated carbocycles. The summed E-state index contributed by atoms with van der Waals surface area (Å²) in [5.41, 5.74) is 1.00. The van der Waals surface area contributed by atoms with Gasteiger partial charge in [-0.05, 0) is 20.8 Å². The monoisotopic (exact) mass is 244 g/mol. The van der Waals surface area contributed by atoms with E-state index in [9.17, 15) is 0 Å². The average molecular weight is 244 g/mol. The molecule has 0 fully saturated rings. The molecular weight excluding hydrogens is 224 g/mol. The van der Waals surface area contributed by atoms with Crippen molar-refractivity contribution < 1.29 is 9.84 Å². The molecule has 16 heavy (non-hydrogen) atoms. The normalized spacial score (nSPS) is 12.1. The number of rotatable bonds is 5. The Bertz CT molecular complexity index is 331. The number of hydrogen-bond acceptors (Lipinski definition) is 5. The van der Waals surface area contributed by atoms with Gasteiger partial charge < -0.3 is 15.2 Å². The third-order valence-corrected chi connectivity index (χ3v) is 3.10. The van der Waals surface area contributed by atoms with Gasteiger partial charge in [-0.2, -0.15) is 0 Å². The van der Waals surface area contributed by atoms with Crippen molar-refractivity contribution in [3.63, 3.8) is 0 Å². The predicted molar refractivity (Wildman–Crippen MR) is 65.3 cm³/mol. The first-order valence-electron chi connectivity index (χ1n) is 5.28. The van der Waals surface area contributed by atoms with Gasteiger partial charge in [-0.25, -0.2) is 4.98 Å². The van der Waals surface area contributed by atoms with Crippen molar-refractivity contribution in [2.45, 2.75) is 46.1 Å². The summed E-state index contributed by atoms with van der Waals surface area (Å²) in [6.45, 7) is 7.62. The summed E-state index contributed by atoms with van der Waals surface area (Å²) < 4.78 is 5.09. The predicted octanol–water partition coefficient (Wildman–Crippen LogP) is 1.67. The molecule has 92 valence electrons. The molecule has 0 amide bonds. The van der Waals surface area contributed by atoms with E-state index in [-0.39, 0.29) is 12.1 Å². The summed E-state index contributed by atoms with van der Waals surface area (Å²) in [5, 5.41) is 13.2. The van der Waals surface area contributed by atoms with Crippen LogP contribution in [0.3, 0.4) is 0 Å². The molecule has 1 rings (SSSR count). The second-order valence-corrected chi connectivity index (χ2v) is 5.84. The Balaban J connectivity index is 2.72. The van der Waals surface area contributed by atoms with Gasteiger partial charge in [-0.15, -0.1) is 11.3 Å². The van der Waals surface area contributed by atoms with Crippen LogP contribution in [0, 0.1) is 0 Å². The highest BCUT2D eigenvalue weighted by molar-refractivity contribution is 7.11. The van der Waals surface area contributed by atoms with Crippen LogP contribution >= 0.6 is 11.3 Å². The molecule has 1 aromatic heterocycles. The summed E-state index contributed by atoms with van der Waals surface area (Å²) in [7, 11) is 1.65. The standard InChI is InChI=1S/C11H20N2O2S/c1-11(2,3)12-5-9-8(7-15-4)13-10(6-14)16-9/h12,14H,5-7H2,1-4H3. The molecule has 0 aliphatic carbocycles. The van der Waals surface area contributed by atoms with Gasteiger partial charge in [0.1, 0.15) is 5.01 Å². The van der Waals surface area contributed by atoms with Gasteiger partial charge in [-0.1, -0.05) is 0 Å². The van der Waals surface area contributed by atoms with Crippen LogP contribution in [-0.2, 0) is 24.5 Å². The van der Waals surface area contributed by atoms with Gasteiger partial charge in [0, 0.05) is 24.1 Å². The van der Waals surface area contributed by atoms with Crippen molar-refractivity contribution in [3.05, 3.63) is 15.6 Å². The maximum Gasteiger partial charge on any atom is 0.119 e. The van der Waals surface area contributed by atoms with Gasteiger partial charge >= 0.3 is 0 Å². The van der Waals surface area contributed by atoms with Crippen LogP contribution in [-0.4, -0.2) is 22.7 Å². The maximum absolute atomic E-state index is 9.06. The summed E-state index contributed by atoms with van der Waals surface area (Å²) in [5.74, 6) is 0. The van der Waals surface area contributed by atoms with E-state index >= 15 is 0 Å². The minimum absolute atomic E-state index is 0.00308. The summed E-state index contributed by atoms with van der Waals surface area (Å²) in [6.07, 6.45) is 0. The van der Waals surface area contributed by atoms with Crippen molar-refractivity contribution in [2.24, 2.45) is 0 Å². The van der Waals surface area contributed by atoms with E-state index in [1.54, 1.807) is 7.11 Å². The van der Waals surface area contributed by atoms with Gasteiger partial charge in [-0.3, -0.25) is 0 Å². The number of hydrogen-bond donors (Lipinski definition) is 2. The van der Waals surface area contributed by atoms with Crippen LogP contribution in [0.25, 0.3) is 0 Å². The number of aromatic nitrogens is 1. The Morgan fingerprint density at radius 3 is 2.62 bits per heavy atom. The van der Waals surface area contributed by atoms with Gasteiger partial charge in [0.2, 0.25) is 0 Å².